The molecule has 0 spiro atoms. The number of fused-ring (bicyclic) bond motifs is 1. The molecule has 0 radical (unpaired) electrons. The Balaban J connectivity index is 0.000000181. The highest BCUT2D eigenvalue weighted by atomic mass is 79.9. The first-order chi connectivity index (χ1) is 15.0. The number of para-hydroxylation sites is 1. The van der Waals surface area contributed by atoms with Gasteiger partial charge < -0.3 is 5.73 Å². The fourth-order valence-electron chi connectivity index (χ4n) is 3.08. The van der Waals surface area contributed by atoms with Crippen LogP contribution in [0, 0.1) is 6.92 Å². The van der Waals surface area contributed by atoms with E-state index in [9.17, 15) is 18.0 Å². The molecule has 3 aromatic rings. The van der Waals surface area contributed by atoms with Gasteiger partial charge in [0.2, 0.25) is 0 Å². The topological polar surface area (TPSA) is 127 Å². The zero-order valence-electron chi connectivity index (χ0n) is 17.6. The van der Waals surface area contributed by atoms with Gasteiger partial charge in [0, 0.05) is 6.04 Å². The Morgan fingerprint density at radius 2 is 1.78 bits per heavy atom. The Bertz CT molecular complexity index is 1340. The normalized spacial score (nSPS) is 14.3. The summed E-state index contributed by atoms with van der Waals surface area (Å²) in [6, 6.07) is 13.7. The van der Waals surface area contributed by atoms with Gasteiger partial charge >= 0.3 is 10.2 Å². The summed E-state index contributed by atoms with van der Waals surface area (Å²) >= 11 is 3.15. The molecule has 0 fully saturated rings. The van der Waals surface area contributed by atoms with Crippen molar-refractivity contribution in [3.63, 3.8) is 0 Å². The van der Waals surface area contributed by atoms with Crippen LogP contribution in [-0.4, -0.2) is 34.5 Å². The predicted molar refractivity (Wildman–Crippen MR) is 127 cm³/mol. The van der Waals surface area contributed by atoms with Crippen molar-refractivity contribution in [3.8, 4) is 5.69 Å². The fraction of sp³-hybridized carbons (Fsp3) is 0.190. The summed E-state index contributed by atoms with van der Waals surface area (Å²) in [5, 5.41) is 4.00. The molecule has 32 heavy (non-hydrogen) atoms. The molecule has 1 aliphatic heterocycles. The van der Waals surface area contributed by atoms with E-state index in [0.717, 1.165) is 15.6 Å². The highest BCUT2D eigenvalue weighted by Crippen LogP contribution is 2.27. The van der Waals surface area contributed by atoms with E-state index in [1.54, 1.807) is 38.1 Å². The minimum absolute atomic E-state index is 0.259. The van der Waals surface area contributed by atoms with E-state index >= 15 is 0 Å². The summed E-state index contributed by atoms with van der Waals surface area (Å²) in [5.41, 5.74) is 8.17. The second-order valence-corrected chi connectivity index (χ2v) is 9.66. The second kappa shape index (κ2) is 9.13. The predicted octanol–water partition coefficient (Wildman–Crippen LogP) is 3.09. The van der Waals surface area contributed by atoms with Crippen molar-refractivity contribution in [2.24, 2.45) is 0 Å². The Labute approximate surface area is 194 Å². The van der Waals surface area contributed by atoms with Gasteiger partial charge in [-0.25, -0.2) is 4.31 Å². The number of nitrogen functional groups attached to an aromatic ring is 1. The minimum atomic E-state index is -3.75. The maximum absolute atomic E-state index is 12.0. The van der Waals surface area contributed by atoms with Crippen molar-refractivity contribution in [3.05, 3.63) is 80.7 Å². The van der Waals surface area contributed by atoms with Gasteiger partial charge in [-0.3, -0.25) is 14.3 Å². The number of carbonyl (C=O) groups is 1. The monoisotopic (exact) mass is 519 g/mol. The van der Waals surface area contributed by atoms with Gasteiger partial charge in [-0.15, -0.1) is 0 Å². The van der Waals surface area contributed by atoms with E-state index in [4.69, 9.17) is 5.73 Å². The number of carbonyl (C=O) groups excluding carboxylic acids is 1. The third-order valence-electron chi connectivity index (χ3n) is 4.52. The molecule has 2 aromatic carbocycles. The molecular weight excluding hydrogens is 498 g/mol. The largest absolute Gasteiger partial charge is 0.396 e. The van der Waals surface area contributed by atoms with E-state index in [-0.39, 0.29) is 5.56 Å². The van der Waals surface area contributed by atoms with Crippen LogP contribution in [0.5, 0.6) is 0 Å². The van der Waals surface area contributed by atoms with Gasteiger partial charge in [0.25, 0.3) is 11.5 Å². The number of aromatic nitrogens is 2. The van der Waals surface area contributed by atoms with E-state index < -0.39 is 22.2 Å². The molecule has 1 aliphatic rings. The molecule has 0 unspecified atom stereocenters. The van der Waals surface area contributed by atoms with Gasteiger partial charge in [-0.1, -0.05) is 24.3 Å². The Hall–Kier alpha value is -3.18. The Kier molecular flexibility index (Phi) is 6.70. The van der Waals surface area contributed by atoms with E-state index in [1.165, 1.54) is 10.9 Å². The van der Waals surface area contributed by atoms with Crippen LogP contribution < -0.4 is 16.0 Å². The summed E-state index contributed by atoms with van der Waals surface area (Å²) < 4.78 is 28.5. The smallest absolute Gasteiger partial charge is 0.326 e. The molecular formula is C21H22BrN5O4S. The van der Waals surface area contributed by atoms with E-state index in [1.807, 2.05) is 31.2 Å². The van der Waals surface area contributed by atoms with Crippen LogP contribution in [0.1, 0.15) is 29.8 Å². The molecule has 1 aromatic heterocycles. The molecule has 0 bridgehead atoms. The first-order valence-corrected chi connectivity index (χ1v) is 11.8. The summed E-state index contributed by atoms with van der Waals surface area (Å²) in [7, 11) is -3.75. The molecule has 1 amide bonds. The summed E-state index contributed by atoms with van der Waals surface area (Å²) in [6.45, 7) is 5.27. The first kappa shape index (κ1) is 23.5. The molecule has 3 N–H and O–H groups in total. The van der Waals surface area contributed by atoms with Crippen LogP contribution in [0.3, 0.4) is 0 Å². The van der Waals surface area contributed by atoms with Crippen molar-refractivity contribution in [1.29, 1.82) is 0 Å². The van der Waals surface area contributed by atoms with Gasteiger partial charge in [-0.2, -0.15) is 18.2 Å². The number of aryl methyl sites for hydroxylation is 1. The number of amides is 1. The SMILES string of the molecule is CC(C)N1C(=O)c2ccccc2NS1(=O)=O.Cc1cccc(-n2ncc(N)c(Br)c2=O)c1. The van der Waals surface area contributed by atoms with Crippen LogP contribution in [0.25, 0.3) is 5.69 Å². The summed E-state index contributed by atoms with van der Waals surface area (Å²) in [5.74, 6) is -0.482. The maximum atomic E-state index is 12.0. The number of hydrogen-bond donors (Lipinski definition) is 2. The van der Waals surface area contributed by atoms with Crippen molar-refractivity contribution in [1.82, 2.24) is 14.1 Å². The van der Waals surface area contributed by atoms with Crippen molar-refractivity contribution < 1.29 is 13.2 Å². The zero-order valence-corrected chi connectivity index (χ0v) is 20.0. The third kappa shape index (κ3) is 4.68. The van der Waals surface area contributed by atoms with Crippen LogP contribution in [0.2, 0.25) is 0 Å². The lowest BCUT2D eigenvalue weighted by molar-refractivity contribution is 0.0834. The lowest BCUT2D eigenvalue weighted by Crippen LogP contribution is -2.48. The molecule has 0 saturated carbocycles. The summed E-state index contributed by atoms with van der Waals surface area (Å²) in [4.78, 5) is 23.9. The highest BCUT2D eigenvalue weighted by Gasteiger charge is 2.36. The number of hydrogen-bond acceptors (Lipinski definition) is 6. The minimum Gasteiger partial charge on any atom is -0.396 e. The standard InChI is InChI=1S/C11H10BrN3O.C10H12N2O3S/c1-7-3-2-4-8(5-7)15-11(16)10(12)9(13)6-14-15;1-7(2)12-10(13)8-5-3-4-6-9(8)11-16(12,14)15/h2-6H,13H2,1H3;3-7,11H,1-2H3. The molecule has 9 nitrogen and oxygen atoms in total. The average Bonchev–Trinajstić information content (AvgIpc) is 2.71. The molecule has 11 heteroatoms. The van der Waals surface area contributed by atoms with E-state index in [0.29, 0.717) is 21.4 Å². The quantitative estimate of drug-likeness (QED) is 0.535. The number of nitrogens with zero attached hydrogens (tertiary/aromatic N) is 3. The van der Waals surface area contributed by atoms with Crippen LogP contribution in [0.15, 0.2) is 64.0 Å². The van der Waals surface area contributed by atoms with E-state index in [2.05, 4.69) is 25.8 Å². The molecule has 4 rings (SSSR count). The number of halogens is 1. The highest BCUT2D eigenvalue weighted by molar-refractivity contribution is 9.10. The molecule has 0 atom stereocenters. The van der Waals surface area contributed by atoms with Crippen LogP contribution in [-0.2, 0) is 10.2 Å². The van der Waals surface area contributed by atoms with Gasteiger partial charge in [0.05, 0.1) is 28.8 Å². The second-order valence-electron chi connectivity index (χ2n) is 7.32. The molecule has 0 aliphatic carbocycles. The lowest BCUT2D eigenvalue weighted by Gasteiger charge is -2.31. The maximum Gasteiger partial charge on any atom is 0.326 e. The van der Waals surface area contributed by atoms with Crippen LogP contribution >= 0.6 is 15.9 Å². The molecule has 168 valence electrons. The molecule has 2 heterocycles. The van der Waals surface area contributed by atoms with Crippen molar-refractivity contribution in [2.75, 3.05) is 10.5 Å². The van der Waals surface area contributed by atoms with Gasteiger partial charge in [0.15, 0.2) is 0 Å². The fourth-order valence-corrected chi connectivity index (χ4v) is 4.77. The number of anilines is 2. The third-order valence-corrected chi connectivity index (χ3v) is 6.90. The number of nitrogens with one attached hydrogen (secondary N) is 1. The number of benzene rings is 2. The van der Waals surface area contributed by atoms with Crippen LogP contribution in [0.4, 0.5) is 11.4 Å². The van der Waals surface area contributed by atoms with Gasteiger partial charge in [0.1, 0.15) is 4.47 Å². The van der Waals surface area contributed by atoms with Gasteiger partial charge in [-0.05, 0) is 66.5 Å². The molecule has 0 saturated heterocycles. The van der Waals surface area contributed by atoms with Crippen molar-refractivity contribution >= 4 is 43.4 Å². The summed E-state index contributed by atoms with van der Waals surface area (Å²) in [6.07, 6.45) is 1.45. The van der Waals surface area contributed by atoms with Crippen molar-refractivity contribution in [2.45, 2.75) is 26.8 Å². The first-order valence-electron chi connectivity index (χ1n) is 9.59. The Morgan fingerprint density at radius 1 is 1.09 bits per heavy atom. The number of nitrogens with two attached hydrogens (primary N) is 1. The average molecular weight is 520 g/mol. The zero-order chi connectivity index (χ0) is 23.6. The lowest BCUT2D eigenvalue weighted by atomic mass is 10.1. The Morgan fingerprint density at radius 3 is 2.44 bits per heavy atom. The number of rotatable bonds is 2.